The number of aliphatic hydroxyl groups is 2. The van der Waals surface area contributed by atoms with Crippen LogP contribution in [-0.4, -0.2) is 122 Å². The smallest absolute Gasteiger partial charge is 0.242 e. The van der Waals surface area contributed by atoms with Crippen molar-refractivity contribution in [2.75, 3.05) is 26.7 Å². The maximum absolute atomic E-state index is 14.5. The molecule has 15 heteroatoms. The van der Waals surface area contributed by atoms with Crippen LogP contribution < -0.4 is 20.1 Å². The fraction of sp³-hybridized carbons (Fsp3) is 0.500. The van der Waals surface area contributed by atoms with Gasteiger partial charge < -0.3 is 40.0 Å². The van der Waals surface area contributed by atoms with Crippen LogP contribution in [-0.2, 0) is 32.3 Å². The summed E-state index contributed by atoms with van der Waals surface area (Å²) in [6, 6.07) is 14.8. The molecule has 4 bridgehead atoms. The van der Waals surface area contributed by atoms with Crippen molar-refractivity contribution < 1.29 is 38.8 Å². The van der Waals surface area contributed by atoms with Crippen LogP contribution in [0.3, 0.4) is 0 Å². The Bertz CT molecular complexity index is 1660. The van der Waals surface area contributed by atoms with E-state index >= 15 is 0 Å². The molecule has 0 spiro atoms. The first-order valence-electron chi connectivity index (χ1n) is 16.6. The summed E-state index contributed by atoms with van der Waals surface area (Å²) < 4.78 is 18.8. The molecule has 0 unspecified atom stereocenters. The Hall–Kier alpha value is -4.57. The summed E-state index contributed by atoms with van der Waals surface area (Å²) in [4.78, 5) is 45.1. The van der Waals surface area contributed by atoms with E-state index in [4.69, 9.17) is 14.2 Å². The number of nitrogens with zero attached hydrogens (tertiary/aromatic N) is 5. The largest absolute Gasteiger partial charge is 0.497 e. The van der Waals surface area contributed by atoms with Crippen molar-refractivity contribution in [3.05, 3.63) is 72.1 Å². The van der Waals surface area contributed by atoms with E-state index in [-0.39, 0.29) is 56.4 Å². The fourth-order valence-electron chi connectivity index (χ4n) is 7.32. The van der Waals surface area contributed by atoms with E-state index in [9.17, 15) is 24.6 Å². The van der Waals surface area contributed by atoms with E-state index in [1.165, 1.54) is 0 Å². The van der Waals surface area contributed by atoms with Crippen molar-refractivity contribution in [1.82, 2.24) is 35.4 Å². The third-order valence-electron chi connectivity index (χ3n) is 9.83. The summed E-state index contributed by atoms with van der Waals surface area (Å²) in [7, 11) is 1.59. The van der Waals surface area contributed by atoms with Gasteiger partial charge in [0.2, 0.25) is 17.7 Å². The Morgan fingerprint density at radius 3 is 2.57 bits per heavy atom. The zero-order valence-electron chi connectivity index (χ0n) is 27.1. The normalized spacial score (nSPS) is 30.7. The molecule has 4 aliphatic heterocycles. The average Bonchev–Trinajstić information content (AvgIpc) is 3.90. The van der Waals surface area contributed by atoms with Crippen LogP contribution in [0.15, 0.2) is 60.8 Å². The van der Waals surface area contributed by atoms with Crippen LogP contribution in [0.1, 0.15) is 36.6 Å². The lowest BCUT2D eigenvalue weighted by Gasteiger charge is -2.31. The summed E-state index contributed by atoms with van der Waals surface area (Å²) in [5, 5.41) is 35.8. The van der Waals surface area contributed by atoms with E-state index in [1.807, 2.05) is 59.5 Å². The number of hydrogen-bond donors (Lipinski definition) is 4. The third kappa shape index (κ3) is 7.11. The molecule has 49 heavy (non-hydrogen) atoms. The molecule has 4 aliphatic rings. The molecule has 2 aromatic carbocycles. The summed E-state index contributed by atoms with van der Waals surface area (Å²) >= 11 is 0. The van der Waals surface area contributed by atoms with Crippen LogP contribution >= 0.6 is 0 Å². The van der Waals surface area contributed by atoms with Gasteiger partial charge in [0.15, 0.2) is 0 Å². The van der Waals surface area contributed by atoms with Crippen molar-refractivity contribution in [3.63, 3.8) is 0 Å². The fourth-order valence-corrected chi connectivity index (χ4v) is 7.32. The summed E-state index contributed by atoms with van der Waals surface area (Å²) in [5.74, 6) is 0.404. The molecule has 4 saturated heterocycles. The predicted molar refractivity (Wildman–Crippen MR) is 172 cm³/mol. The molecule has 260 valence electrons. The Balaban J connectivity index is 1.15. The highest BCUT2D eigenvalue weighted by Gasteiger charge is 2.49. The van der Waals surface area contributed by atoms with E-state index in [0.717, 1.165) is 5.56 Å². The number of aromatic nitrogens is 3. The monoisotopic (exact) mass is 675 g/mol. The number of aliphatic hydroxyl groups excluding tert-OH is 2. The predicted octanol–water partition coefficient (Wildman–Crippen LogP) is -0.224. The second-order valence-electron chi connectivity index (χ2n) is 13.1. The lowest BCUT2D eigenvalue weighted by atomic mass is 10.0. The second-order valence-corrected chi connectivity index (χ2v) is 13.1. The molecule has 15 nitrogen and oxygen atoms in total. The summed E-state index contributed by atoms with van der Waals surface area (Å²) in [6.07, 6.45) is -2.23. The lowest BCUT2D eigenvalue weighted by molar-refractivity contribution is -0.142. The lowest BCUT2D eigenvalue weighted by Crippen LogP contribution is -2.53. The highest BCUT2D eigenvalue weighted by atomic mass is 16.5. The molecule has 7 rings (SSSR count). The first kappa shape index (κ1) is 33.0. The Morgan fingerprint density at radius 1 is 0.959 bits per heavy atom. The van der Waals surface area contributed by atoms with Crippen molar-refractivity contribution in [3.8, 4) is 11.5 Å². The van der Waals surface area contributed by atoms with Gasteiger partial charge >= 0.3 is 0 Å². The van der Waals surface area contributed by atoms with Crippen LogP contribution in [0.2, 0.25) is 0 Å². The number of amides is 3. The highest BCUT2D eigenvalue weighted by Crippen LogP contribution is 2.32. The van der Waals surface area contributed by atoms with Gasteiger partial charge in [-0.2, -0.15) is 0 Å². The summed E-state index contributed by atoms with van der Waals surface area (Å²) in [5.41, 5.74) is 1.53. The Labute approximate surface area is 283 Å². The standard InChI is InChI=1S/C34H41N7O8/c1-47-25-9-5-6-20(10-25)15-39-16-21-11-27(39)34(46)40-18-23(41-17-22(37-38-41)19-48-24-7-3-2-4-8-24)12-26(40)33(45)35-14-29-32(44)31(43)28(49-29)13-30(42)36-21/h2-10,17,21,23,26-29,31-32,43-44H,11-16,18-19H2,1H3,(H,35,45)(H,36,42)/t21-,23+,26+,27+,28+,29-,31+,32-/m1/s1. The van der Waals surface area contributed by atoms with Gasteiger partial charge in [-0.05, 0) is 36.2 Å². The maximum Gasteiger partial charge on any atom is 0.242 e. The minimum absolute atomic E-state index is 0.101. The van der Waals surface area contributed by atoms with E-state index in [2.05, 4.69) is 20.9 Å². The van der Waals surface area contributed by atoms with Crippen molar-refractivity contribution >= 4 is 17.7 Å². The quantitative estimate of drug-likeness (QED) is 0.260. The SMILES string of the molecule is COc1cccc(CN2C[C@H]3C[C@H]2C(=O)N2C[C@@H](n4cc(COc5ccccc5)nn4)C[C@H]2C(=O)NC[C@H]2O[C@@H](CC(=O)N3)[C@H](O)[C@@H]2O)c1. The number of para-hydroxylation sites is 1. The van der Waals surface area contributed by atoms with Gasteiger partial charge in [-0.3, -0.25) is 19.3 Å². The van der Waals surface area contributed by atoms with Gasteiger partial charge in [-0.1, -0.05) is 35.5 Å². The third-order valence-corrected chi connectivity index (χ3v) is 9.83. The highest BCUT2D eigenvalue weighted by molar-refractivity contribution is 5.91. The number of methoxy groups -OCH3 is 1. The van der Waals surface area contributed by atoms with Crippen LogP contribution in [0, 0.1) is 0 Å². The number of carbonyl (C=O) groups is 3. The Morgan fingerprint density at radius 2 is 1.76 bits per heavy atom. The van der Waals surface area contributed by atoms with Crippen LogP contribution in [0.25, 0.3) is 0 Å². The topological polar surface area (TPSA) is 181 Å². The molecule has 4 N–H and O–H groups in total. The molecule has 5 heterocycles. The molecule has 0 radical (unpaired) electrons. The van der Waals surface area contributed by atoms with Crippen molar-refractivity contribution in [2.45, 2.75) is 81.0 Å². The minimum atomic E-state index is -1.29. The molecule has 4 fully saturated rings. The zero-order valence-corrected chi connectivity index (χ0v) is 27.1. The first-order valence-corrected chi connectivity index (χ1v) is 16.6. The molecule has 0 aliphatic carbocycles. The molecular weight excluding hydrogens is 634 g/mol. The van der Waals surface area contributed by atoms with Gasteiger partial charge in [0, 0.05) is 38.6 Å². The van der Waals surface area contributed by atoms with Crippen LogP contribution in [0.5, 0.6) is 11.5 Å². The number of benzene rings is 2. The van der Waals surface area contributed by atoms with Gasteiger partial charge in [-0.15, -0.1) is 5.10 Å². The van der Waals surface area contributed by atoms with Gasteiger partial charge in [-0.25, -0.2) is 4.68 Å². The van der Waals surface area contributed by atoms with E-state index in [0.29, 0.717) is 36.7 Å². The van der Waals surface area contributed by atoms with Crippen LogP contribution in [0.4, 0.5) is 0 Å². The number of hydrogen-bond acceptors (Lipinski definition) is 11. The molecule has 3 amide bonds. The first-order chi connectivity index (χ1) is 23.7. The van der Waals surface area contributed by atoms with Crippen molar-refractivity contribution in [2.24, 2.45) is 0 Å². The number of likely N-dealkylation sites (tertiary alicyclic amines) is 1. The number of ether oxygens (including phenoxy) is 3. The number of rotatable bonds is 7. The molecule has 1 aromatic heterocycles. The van der Waals surface area contributed by atoms with Gasteiger partial charge in [0.1, 0.15) is 48.2 Å². The molecule has 8 atom stereocenters. The molecular formula is C34H41N7O8. The summed E-state index contributed by atoms with van der Waals surface area (Å²) in [6.45, 7) is 1.12. The average molecular weight is 676 g/mol. The zero-order chi connectivity index (χ0) is 34.1. The van der Waals surface area contributed by atoms with Crippen molar-refractivity contribution in [1.29, 1.82) is 0 Å². The van der Waals surface area contributed by atoms with E-state index in [1.54, 1.807) is 22.9 Å². The number of nitrogens with one attached hydrogen (secondary N) is 2. The van der Waals surface area contributed by atoms with E-state index < -0.39 is 42.4 Å². The van der Waals surface area contributed by atoms with Gasteiger partial charge in [0.05, 0.1) is 37.9 Å². The van der Waals surface area contributed by atoms with Gasteiger partial charge in [0.25, 0.3) is 0 Å². The molecule has 3 aromatic rings. The Kier molecular flexibility index (Phi) is 9.49. The minimum Gasteiger partial charge on any atom is -0.497 e. The maximum atomic E-state index is 14.5. The number of carbonyl (C=O) groups excluding carboxylic acids is 3. The second kappa shape index (κ2) is 14.1. The number of fused-ring (bicyclic) bond motifs is 5. The molecule has 0 saturated carbocycles.